The summed E-state index contributed by atoms with van der Waals surface area (Å²) in [4.78, 5) is 15.1. The molecule has 0 aromatic heterocycles. The number of nitrogens with one attached hydrogen (secondary N) is 2. The second kappa shape index (κ2) is 10.5. The topological polar surface area (TPSA) is 44.4 Å². The van der Waals surface area contributed by atoms with Gasteiger partial charge in [0.05, 0.1) is 0 Å². The molecule has 0 spiro atoms. The first-order valence-corrected chi connectivity index (χ1v) is 12.4. The minimum absolute atomic E-state index is 0.0690. The molecule has 1 heterocycles. The first kappa shape index (κ1) is 24.2. The van der Waals surface area contributed by atoms with E-state index < -0.39 is 0 Å². The highest BCUT2D eigenvalue weighted by Crippen LogP contribution is 2.25. The molecule has 1 fully saturated rings. The molecule has 31 heavy (non-hydrogen) atoms. The van der Waals surface area contributed by atoms with E-state index in [4.69, 9.17) is 0 Å². The van der Waals surface area contributed by atoms with Gasteiger partial charge in [0.1, 0.15) is 0 Å². The Morgan fingerprint density at radius 3 is 2.23 bits per heavy atom. The van der Waals surface area contributed by atoms with E-state index >= 15 is 0 Å². The lowest BCUT2D eigenvalue weighted by atomic mass is 9.88. The normalized spacial score (nSPS) is 17.9. The van der Waals surface area contributed by atoms with Gasteiger partial charge in [-0.05, 0) is 98.9 Å². The van der Waals surface area contributed by atoms with Crippen molar-refractivity contribution in [1.82, 2.24) is 15.5 Å². The Hall–Kier alpha value is -1.44. The van der Waals surface area contributed by atoms with Crippen molar-refractivity contribution in [2.75, 3.05) is 19.6 Å². The van der Waals surface area contributed by atoms with Crippen LogP contribution in [0.25, 0.3) is 0 Å². The summed E-state index contributed by atoms with van der Waals surface area (Å²) in [7, 11) is 0. The van der Waals surface area contributed by atoms with Gasteiger partial charge in [-0.25, -0.2) is 0 Å². The van der Waals surface area contributed by atoms with Crippen molar-refractivity contribution < 1.29 is 4.79 Å². The van der Waals surface area contributed by atoms with Gasteiger partial charge in [-0.2, -0.15) is 0 Å². The number of hydrogen-bond donors (Lipinski definition) is 2. The summed E-state index contributed by atoms with van der Waals surface area (Å²) < 4.78 is 1.26. The van der Waals surface area contributed by atoms with Gasteiger partial charge in [0.2, 0.25) is 0 Å². The lowest BCUT2D eigenvalue weighted by Crippen LogP contribution is -2.55. The van der Waals surface area contributed by atoms with Gasteiger partial charge in [-0.1, -0.05) is 30.3 Å². The predicted octanol–water partition coefficient (Wildman–Crippen LogP) is 5.23. The first-order valence-electron chi connectivity index (χ1n) is 11.3. The van der Waals surface area contributed by atoms with Crippen LogP contribution in [0.5, 0.6) is 0 Å². The summed E-state index contributed by atoms with van der Waals surface area (Å²) in [6, 6.07) is 15.5. The lowest BCUT2D eigenvalue weighted by molar-refractivity contribution is 0.0652. The van der Waals surface area contributed by atoms with Crippen LogP contribution in [0.4, 0.5) is 0 Å². The van der Waals surface area contributed by atoms with E-state index in [2.05, 4.69) is 78.3 Å². The third-order valence-electron chi connectivity index (χ3n) is 6.59. The summed E-state index contributed by atoms with van der Waals surface area (Å²) in [5.74, 6) is 0.180. The zero-order valence-corrected chi connectivity index (χ0v) is 21.6. The molecule has 0 unspecified atom stereocenters. The molecular weight excluding hydrogens is 497 g/mol. The number of benzene rings is 2. The molecule has 1 aliphatic rings. The van der Waals surface area contributed by atoms with Gasteiger partial charge in [-0.3, -0.25) is 4.79 Å². The molecule has 0 aliphatic carbocycles. The zero-order chi connectivity index (χ0) is 22.6. The number of hydrogen-bond acceptors (Lipinski definition) is 3. The SMILES string of the molecule is Cc1cccc(C)c1C(=O)N1CCC(C)(NC[C@H](C)N[C@@H](C)c2ccc(I)cc2)CC1. The molecule has 3 rings (SSSR count). The summed E-state index contributed by atoms with van der Waals surface area (Å²) >= 11 is 2.34. The number of carbonyl (C=O) groups is 1. The Morgan fingerprint density at radius 1 is 1.06 bits per heavy atom. The molecule has 168 valence electrons. The van der Waals surface area contributed by atoms with Crippen molar-refractivity contribution in [1.29, 1.82) is 0 Å². The molecular formula is C26H36IN3O. The number of nitrogens with zero attached hydrogens (tertiary/aromatic N) is 1. The highest BCUT2D eigenvalue weighted by atomic mass is 127. The third-order valence-corrected chi connectivity index (χ3v) is 7.31. The van der Waals surface area contributed by atoms with E-state index in [1.807, 2.05) is 36.9 Å². The molecule has 1 saturated heterocycles. The number of rotatable bonds is 7. The zero-order valence-electron chi connectivity index (χ0n) is 19.5. The Morgan fingerprint density at radius 2 is 1.65 bits per heavy atom. The fraction of sp³-hybridized carbons (Fsp3) is 0.500. The third kappa shape index (κ3) is 6.30. The van der Waals surface area contributed by atoms with Crippen LogP contribution in [0, 0.1) is 17.4 Å². The van der Waals surface area contributed by atoms with E-state index in [9.17, 15) is 4.79 Å². The standard InChI is InChI=1S/C26H36IN3O/c1-18-7-6-8-19(2)24(18)25(31)30-15-13-26(5,14-16-30)28-17-20(3)29-21(4)22-9-11-23(27)12-10-22/h6-12,20-21,28-29H,13-17H2,1-5H3/t20-,21-/m0/s1. The molecule has 2 aromatic rings. The second-order valence-electron chi connectivity index (χ2n) is 9.34. The summed E-state index contributed by atoms with van der Waals surface area (Å²) in [6.45, 7) is 13.3. The molecule has 1 aliphatic heterocycles. The van der Waals surface area contributed by atoms with E-state index in [1.54, 1.807) is 0 Å². The van der Waals surface area contributed by atoms with Gasteiger partial charge in [0.25, 0.3) is 5.91 Å². The van der Waals surface area contributed by atoms with E-state index in [1.165, 1.54) is 9.13 Å². The van der Waals surface area contributed by atoms with Crippen LogP contribution in [0.3, 0.4) is 0 Å². The minimum Gasteiger partial charge on any atom is -0.338 e. The first-order chi connectivity index (χ1) is 14.7. The average molecular weight is 533 g/mol. The Balaban J connectivity index is 1.49. The van der Waals surface area contributed by atoms with Gasteiger partial charge >= 0.3 is 0 Å². The molecule has 1 amide bonds. The second-order valence-corrected chi connectivity index (χ2v) is 10.6. The predicted molar refractivity (Wildman–Crippen MR) is 138 cm³/mol. The van der Waals surface area contributed by atoms with Crippen molar-refractivity contribution in [2.45, 2.75) is 65.1 Å². The van der Waals surface area contributed by atoms with Crippen LogP contribution in [0.2, 0.25) is 0 Å². The van der Waals surface area contributed by atoms with Gasteiger partial charge < -0.3 is 15.5 Å². The Kier molecular flexibility index (Phi) is 8.16. The molecule has 4 nitrogen and oxygen atoms in total. The Bertz CT molecular complexity index is 868. The number of piperidine rings is 1. The van der Waals surface area contributed by atoms with Crippen LogP contribution in [-0.4, -0.2) is 42.0 Å². The maximum absolute atomic E-state index is 13.1. The molecule has 2 N–H and O–H groups in total. The lowest BCUT2D eigenvalue weighted by Gasteiger charge is -2.41. The Labute approximate surface area is 201 Å². The minimum atomic E-state index is 0.0690. The molecule has 0 bridgehead atoms. The van der Waals surface area contributed by atoms with E-state index in [-0.39, 0.29) is 11.4 Å². The number of halogens is 1. The summed E-state index contributed by atoms with van der Waals surface area (Å²) in [5, 5.41) is 7.49. The van der Waals surface area contributed by atoms with Crippen molar-refractivity contribution >= 4 is 28.5 Å². The van der Waals surface area contributed by atoms with Crippen LogP contribution in [0.1, 0.15) is 66.7 Å². The number of amides is 1. The van der Waals surface area contributed by atoms with Crippen LogP contribution in [0.15, 0.2) is 42.5 Å². The van der Waals surface area contributed by atoms with Gasteiger partial charge in [0.15, 0.2) is 0 Å². The van der Waals surface area contributed by atoms with Crippen LogP contribution in [-0.2, 0) is 0 Å². The van der Waals surface area contributed by atoms with Crippen molar-refractivity contribution in [3.05, 3.63) is 68.3 Å². The van der Waals surface area contributed by atoms with Gasteiger partial charge in [0, 0.05) is 46.4 Å². The maximum atomic E-state index is 13.1. The fourth-order valence-corrected chi connectivity index (χ4v) is 4.78. The molecule has 2 aromatic carbocycles. The smallest absolute Gasteiger partial charge is 0.254 e. The molecule has 0 saturated carbocycles. The summed E-state index contributed by atoms with van der Waals surface area (Å²) in [6.07, 6.45) is 1.95. The molecule has 2 atom stereocenters. The quantitative estimate of drug-likeness (QED) is 0.479. The van der Waals surface area contributed by atoms with Crippen molar-refractivity contribution in [3.63, 3.8) is 0 Å². The maximum Gasteiger partial charge on any atom is 0.254 e. The molecule has 5 heteroatoms. The average Bonchev–Trinajstić information content (AvgIpc) is 2.73. The fourth-order valence-electron chi connectivity index (χ4n) is 4.42. The van der Waals surface area contributed by atoms with E-state index in [0.717, 1.165) is 49.2 Å². The molecule has 0 radical (unpaired) electrons. The van der Waals surface area contributed by atoms with Gasteiger partial charge in [-0.15, -0.1) is 0 Å². The van der Waals surface area contributed by atoms with Crippen molar-refractivity contribution in [2.24, 2.45) is 0 Å². The van der Waals surface area contributed by atoms with E-state index in [0.29, 0.717) is 12.1 Å². The number of likely N-dealkylation sites (tertiary alicyclic amines) is 1. The largest absolute Gasteiger partial charge is 0.338 e. The number of carbonyl (C=O) groups excluding carboxylic acids is 1. The van der Waals surface area contributed by atoms with Crippen LogP contribution >= 0.6 is 22.6 Å². The highest BCUT2D eigenvalue weighted by molar-refractivity contribution is 14.1. The number of aryl methyl sites for hydroxylation is 2. The summed E-state index contributed by atoms with van der Waals surface area (Å²) in [5.41, 5.74) is 4.40. The van der Waals surface area contributed by atoms with Crippen LogP contribution < -0.4 is 10.6 Å². The highest BCUT2D eigenvalue weighted by Gasteiger charge is 2.32. The monoisotopic (exact) mass is 533 g/mol. The van der Waals surface area contributed by atoms with Crippen molar-refractivity contribution in [3.8, 4) is 0 Å².